The Morgan fingerprint density at radius 2 is 1.91 bits per heavy atom. The Hall–Kier alpha value is -1.80. The van der Waals surface area contributed by atoms with Gasteiger partial charge in [-0.2, -0.15) is 0 Å². The van der Waals surface area contributed by atoms with Crippen molar-refractivity contribution in [2.75, 3.05) is 26.5 Å². The summed E-state index contributed by atoms with van der Waals surface area (Å²) >= 11 is 0. The maximum absolute atomic E-state index is 12.3. The maximum Gasteiger partial charge on any atom is 0.221 e. The van der Waals surface area contributed by atoms with Crippen LogP contribution in [0.15, 0.2) is 23.1 Å². The number of rotatable bonds is 8. The van der Waals surface area contributed by atoms with Gasteiger partial charge in [0.2, 0.25) is 5.91 Å². The lowest BCUT2D eigenvalue weighted by atomic mass is 10.3. The fourth-order valence-electron chi connectivity index (χ4n) is 1.76. The van der Waals surface area contributed by atoms with Crippen LogP contribution in [0.25, 0.3) is 0 Å². The number of ether oxygens (including phenoxy) is 2. The number of benzene rings is 1. The third-order valence-electron chi connectivity index (χ3n) is 3.07. The number of nitrogens with two attached hydrogens (primary N) is 1. The molecule has 0 aliphatic heterocycles. The molecule has 0 unspecified atom stereocenters. The lowest BCUT2D eigenvalue weighted by molar-refractivity contribution is -0.121. The Kier molecular flexibility index (Phi) is 6.63. The van der Waals surface area contributed by atoms with Gasteiger partial charge < -0.3 is 20.5 Å². The summed E-state index contributed by atoms with van der Waals surface area (Å²) < 4.78 is 34.7. The minimum absolute atomic E-state index is 0.0878. The van der Waals surface area contributed by atoms with E-state index in [1.165, 1.54) is 32.4 Å². The van der Waals surface area contributed by atoms with Gasteiger partial charge in [-0.1, -0.05) is 0 Å². The van der Waals surface area contributed by atoms with Gasteiger partial charge in [0.25, 0.3) is 0 Å². The molecule has 22 heavy (non-hydrogen) atoms. The first kappa shape index (κ1) is 18.2. The van der Waals surface area contributed by atoms with Gasteiger partial charge in [-0.25, -0.2) is 8.42 Å². The quantitative estimate of drug-likeness (QED) is 0.711. The molecule has 124 valence electrons. The van der Waals surface area contributed by atoms with Crippen molar-refractivity contribution >= 4 is 15.7 Å². The fourth-order valence-corrected chi connectivity index (χ4v) is 3.01. The minimum Gasteiger partial charge on any atom is -0.493 e. The average Bonchev–Trinajstić information content (AvgIpc) is 2.52. The number of carbonyl (C=O) groups is 1. The van der Waals surface area contributed by atoms with Crippen LogP contribution in [-0.2, 0) is 14.6 Å². The van der Waals surface area contributed by atoms with Crippen LogP contribution >= 0.6 is 0 Å². The molecule has 0 radical (unpaired) electrons. The van der Waals surface area contributed by atoms with E-state index in [0.717, 1.165) is 0 Å². The predicted molar refractivity (Wildman–Crippen MR) is 82.9 cm³/mol. The molecule has 0 bridgehead atoms. The first-order chi connectivity index (χ1) is 10.3. The Bertz CT molecular complexity index is 616. The molecule has 7 nitrogen and oxygen atoms in total. The topological polar surface area (TPSA) is 108 Å². The summed E-state index contributed by atoms with van der Waals surface area (Å²) in [7, 11) is -0.689. The molecule has 0 spiro atoms. The normalized spacial score (nSPS) is 12.5. The zero-order valence-corrected chi connectivity index (χ0v) is 13.8. The molecule has 3 N–H and O–H groups in total. The number of nitrogens with one attached hydrogen (secondary N) is 1. The third-order valence-corrected chi connectivity index (χ3v) is 4.79. The van der Waals surface area contributed by atoms with Gasteiger partial charge in [-0.05, 0) is 19.1 Å². The molecule has 1 rings (SSSR count). The Morgan fingerprint density at radius 1 is 1.27 bits per heavy atom. The van der Waals surface area contributed by atoms with Gasteiger partial charge in [0.05, 0.1) is 24.9 Å². The van der Waals surface area contributed by atoms with E-state index in [1.807, 2.05) is 0 Å². The summed E-state index contributed by atoms with van der Waals surface area (Å²) in [4.78, 5) is 11.7. The summed E-state index contributed by atoms with van der Waals surface area (Å²) in [6.45, 7) is 2.05. The molecule has 0 fully saturated rings. The highest BCUT2D eigenvalue weighted by Crippen LogP contribution is 2.29. The number of hydrogen-bond donors (Lipinski definition) is 2. The van der Waals surface area contributed by atoms with Crippen LogP contribution in [0, 0.1) is 0 Å². The monoisotopic (exact) mass is 330 g/mol. The maximum atomic E-state index is 12.3. The van der Waals surface area contributed by atoms with Gasteiger partial charge in [0, 0.05) is 25.1 Å². The second-order valence-electron chi connectivity index (χ2n) is 4.79. The summed E-state index contributed by atoms with van der Waals surface area (Å²) in [5, 5.41) is 2.62. The molecule has 8 heteroatoms. The van der Waals surface area contributed by atoms with Crippen molar-refractivity contribution in [1.29, 1.82) is 0 Å². The number of hydrogen-bond acceptors (Lipinski definition) is 6. The smallest absolute Gasteiger partial charge is 0.221 e. The Morgan fingerprint density at radius 3 is 2.45 bits per heavy atom. The molecule has 0 aliphatic carbocycles. The highest BCUT2D eigenvalue weighted by atomic mass is 32.2. The minimum atomic E-state index is -3.58. The van der Waals surface area contributed by atoms with Crippen molar-refractivity contribution in [2.24, 2.45) is 5.73 Å². The largest absolute Gasteiger partial charge is 0.493 e. The van der Waals surface area contributed by atoms with Crippen molar-refractivity contribution in [3.05, 3.63) is 18.2 Å². The number of methoxy groups -OCH3 is 2. The van der Waals surface area contributed by atoms with E-state index in [2.05, 4.69) is 5.32 Å². The molecule has 0 aromatic heterocycles. The van der Waals surface area contributed by atoms with E-state index >= 15 is 0 Å². The molecular weight excluding hydrogens is 308 g/mol. The molecule has 1 aromatic rings. The van der Waals surface area contributed by atoms with Gasteiger partial charge in [-0.15, -0.1) is 0 Å². The lowest BCUT2D eigenvalue weighted by Gasteiger charge is -2.12. The molecule has 1 amide bonds. The van der Waals surface area contributed by atoms with Crippen LogP contribution in [0.3, 0.4) is 0 Å². The van der Waals surface area contributed by atoms with Crippen LogP contribution in [0.4, 0.5) is 0 Å². The van der Waals surface area contributed by atoms with Crippen LogP contribution in [-0.4, -0.2) is 46.9 Å². The number of sulfone groups is 1. The molecule has 0 aliphatic rings. The predicted octanol–water partition coefficient (Wildman–Crippen LogP) is 0.331. The third kappa shape index (κ3) is 4.88. The van der Waals surface area contributed by atoms with Gasteiger partial charge in [-0.3, -0.25) is 4.79 Å². The molecule has 1 atom stereocenters. The van der Waals surface area contributed by atoms with Crippen molar-refractivity contribution in [1.82, 2.24) is 5.32 Å². The molecule has 0 saturated carbocycles. The van der Waals surface area contributed by atoms with Gasteiger partial charge in [0.15, 0.2) is 21.3 Å². The summed E-state index contributed by atoms with van der Waals surface area (Å²) in [6.07, 6.45) is -0.124. The summed E-state index contributed by atoms with van der Waals surface area (Å²) in [5.41, 5.74) is 5.39. The second kappa shape index (κ2) is 8.00. The first-order valence-corrected chi connectivity index (χ1v) is 8.43. The Balaban J connectivity index is 2.80. The number of carbonyl (C=O) groups excluding carboxylic acids is 1. The highest BCUT2D eigenvalue weighted by Gasteiger charge is 2.19. The standard InChI is InChI=1S/C14H22N2O5S/c1-10(9-15)16-14(17)6-7-22(18,19)11-4-5-12(20-2)13(8-11)21-3/h4-5,8,10H,6-7,9,15H2,1-3H3,(H,16,17)/t10-/m0/s1. The first-order valence-electron chi connectivity index (χ1n) is 6.78. The van der Waals surface area contributed by atoms with Crippen molar-refractivity contribution in [3.8, 4) is 11.5 Å². The number of amides is 1. The summed E-state index contributed by atoms with van der Waals surface area (Å²) in [6, 6.07) is 4.14. The fraction of sp³-hybridized carbons (Fsp3) is 0.500. The van der Waals surface area contributed by atoms with E-state index in [1.54, 1.807) is 6.92 Å². The van der Waals surface area contributed by atoms with E-state index in [4.69, 9.17) is 15.2 Å². The SMILES string of the molecule is COc1ccc(S(=O)(=O)CCC(=O)N[C@@H](C)CN)cc1OC. The second-order valence-corrected chi connectivity index (χ2v) is 6.90. The van der Waals surface area contributed by atoms with Gasteiger partial charge in [0.1, 0.15) is 0 Å². The zero-order chi connectivity index (χ0) is 16.8. The van der Waals surface area contributed by atoms with Crippen LogP contribution in [0.5, 0.6) is 11.5 Å². The average molecular weight is 330 g/mol. The highest BCUT2D eigenvalue weighted by molar-refractivity contribution is 7.91. The van der Waals surface area contributed by atoms with Crippen LogP contribution in [0.1, 0.15) is 13.3 Å². The lowest BCUT2D eigenvalue weighted by Crippen LogP contribution is -2.38. The van der Waals surface area contributed by atoms with E-state index in [9.17, 15) is 13.2 Å². The van der Waals surface area contributed by atoms with E-state index < -0.39 is 9.84 Å². The molecule has 0 saturated heterocycles. The van der Waals surface area contributed by atoms with Crippen molar-refractivity contribution in [2.45, 2.75) is 24.3 Å². The van der Waals surface area contributed by atoms with Crippen LogP contribution in [0.2, 0.25) is 0 Å². The molecular formula is C14H22N2O5S. The molecule has 1 aromatic carbocycles. The van der Waals surface area contributed by atoms with Gasteiger partial charge >= 0.3 is 0 Å². The van der Waals surface area contributed by atoms with Crippen molar-refractivity contribution in [3.63, 3.8) is 0 Å². The molecule has 0 heterocycles. The van der Waals surface area contributed by atoms with Crippen LogP contribution < -0.4 is 20.5 Å². The van der Waals surface area contributed by atoms with E-state index in [0.29, 0.717) is 18.0 Å². The zero-order valence-electron chi connectivity index (χ0n) is 13.0. The van der Waals surface area contributed by atoms with E-state index in [-0.39, 0.29) is 29.0 Å². The van der Waals surface area contributed by atoms with Crippen molar-refractivity contribution < 1.29 is 22.7 Å². The Labute approximate surface area is 130 Å². The summed E-state index contributed by atoms with van der Waals surface area (Å²) in [5.74, 6) is 0.133.